The van der Waals surface area contributed by atoms with Crippen LogP contribution in [0.1, 0.15) is 56.4 Å². The van der Waals surface area contributed by atoms with Crippen LogP contribution in [0.15, 0.2) is 60.7 Å². The van der Waals surface area contributed by atoms with Gasteiger partial charge in [0.05, 0.1) is 20.8 Å². The van der Waals surface area contributed by atoms with E-state index in [9.17, 15) is 19.5 Å². The number of esters is 1. The van der Waals surface area contributed by atoms with E-state index >= 15 is 0 Å². The predicted molar refractivity (Wildman–Crippen MR) is 156 cm³/mol. The number of methoxy groups -OCH3 is 2. The normalized spacial score (nSPS) is 22.6. The van der Waals surface area contributed by atoms with Gasteiger partial charge in [-0.05, 0) is 66.6 Å². The fourth-order valence-electron chi connectivity index (χ4n) is 7.47. The van der Waals surface area contributed by atoms with E-state index in [-0.39, 0.29) is 36.7 Å². The summed E-state index contributed by atoms with van der Waals surface area (Å²) in [5.41, 5.74) is 2.40. The molecule has 3 aromatic rings. The van der Waals surface area contributed by atoms with Gasteiger partial charge in [0.1, 0.15) is 11.4 Å². The van der Waals surface area contributed by atoms with E-state index in [0.717, 1.165) is 29.7 Å². The molecule has 9 heteroatoms. The van der Waals surface area contributed by atoms with Crippen molar-refractivity contribution >= 4 is 17.8 Å². The fraction of sp³-hybridized carbons (Fsp3) is 0.424. The number of rotatable bonds is 8. The Balaban J connectivity index is 1.50. The minimum absolute atomic E-state index is 0.0547. The van der Waals surface area contributed by atoms with Gasteiger partial charge in [-0.15, -0.1) is 0 Å². The van der Waals surface area contributed by atoms with E-state index in [2.05, 4.69) is 0 Å². The highest BCUT2D eigenvalue weighted by Gasteiger charge is 2.64. The summed E-state index contributed by atoms with van der Waals surface area (Å²) >= 11 is 0. The average Bonchev–Trinajstić information content (AvgIpc) is 3.80. The minimum Gasteiger partial charge on any atom is -0.497 e. The topological polar surface area (TPSA) is 101 Å². The zero-order valence-electron chi connectivity index (χ0n) is 24.1. The Morgan fingerprint density at radius 3 is 2.33 bits per heavy atom. The first kappa shape index (κ1) is 28.0. The highest BCUT2D eigenvalue weighted by molar-refractivity contribution is 6.00. The molecule has 0 spiro atoms. The molecule has 9 nitrogen and oxygen atoms in total. The third-order valence-corrected chi connectivity index (χ3v) is 9.29. The summed E-state index contributed by atoms with van der Waals surface area (Å²) in [5.74, 6) is -0.512. The predicted octanol–water partition coefficient (Wildman–Crippen LogP) is 3.29. The van der Waals surface area contributed by atoms with Crippen LogP contribution < -0.4 is 4.74 Å². The second-order valence-electron chi connectivity index (χ2n) is 11.5. The molecule has 42 heavy (non-hydrogen) atoms. The van der Waals surface area contributed by atoms with E-state index in [0.29, 0.717) is 49.6 Å². The lowest BCUT2D eigenvalue weighted by Gasteiger charge is -2.40. The highest BCUT2D eigenvalue weighted by atomic mass is 16.5. The summed E-state index contributed by atoms with van der Waals surface area (Å²) in [6.45, 7) is 1.97. The van der Waals surface area contributed by atoms with Crippen LogP contribution >= 0.6 is 0 Å². The van der Waals surface area contributed by atoms with E-state index < -0.39 is 11.5 Å². The standard InChI is InChI=1S/C33H37N3O6/c1-41-25-12-10-22(11-13-25)20-33(32(40)42-2)29-24(21-36(33)30(38)23-8-4-3-5-9-23)18-27-26(29)19-28(35(27)16-17-37)31(39)34-14-6-7-15-34/h3-5,8-13,19,24,29,37H,6-7,14-18,20-21H2,1-2H3/t24?,29?,33-/m1/s1. The summed E-state index contributed by atoms with van der Waals surface area (Å²) in [5, 5.41) is 9.97. The molecule has 1 aliphatic carbocycles. The van der Waals surface area contributed by atoms with Gasteiger partial charge < -0.3 is 28.9 Å². The van der Waals surface area contributed by atoms with Crippen molar-refractivity contribution in [2.24, 2.45) is 5.92 Å². The molecule has 2 fully saturated rings. The lowest BCUT2D eigenvalue weighted by Crippen LogP contribution is -2.58. The van der Waals surface area contributed by atoms with Crippen molar-refractivity contribution in [3.63, 3.8) is 0 Å². The molecule has 2 unspecified atom stereocenters. The molecule has 1 N–H and O–H groups in total. The van der Waals surface area contributed by atoms with E-state index in [1.165, 1.54) is 7.11 Å². The molecule has 0 radical (unpaired) electrons. The molecule has 3 heterocycles. The van der Waals surface area contributed by atoms with Gasteiger partial charge in [-0.25, -0.2) is 4.79 Å². The number of hydrogen-bond acceptors (Lipinski definition) is 6. The zero-order chi connectivity index (χ0) is 29.4. The van der Waals surface area contributed by atoms with Gasteiger partial charge in [0, 0.05) is 49.8 Å². The summed E-state index contributed by atoms with van der Waals surface area (Å²) < 4.78 is 12.8. The second kappa shape index (κ2) is 11.3. The van der Waals surface area contributed by atoms with Gasteiger partial charge in [0.15, 0.2) is 5.54 Å². The van der Waals surface area contributed by atoms with Crippen LogP contribution in [0.3, 0.4) is 0 Å². The van der Waals surface area contributed by atoms with Crippen LogP contribution in [0.2, 0.25) is 0 Å². The van der Waals surface area contributed by atoms with Gasteiger partial charge in [0.25, 0.3) is 11.8 Å². The van der Waals surface area contributed by atoms with Crippen molar-refractivity contribution in [3.05, 3.63) is 88.7 Å². The fourth-order valence-corrected chi connectivity index (χ4v) is 7.47. The quantitative estimate of drug-likeness (QED) is 0.417. The average molecular weight is 572 g/mol. The number of aliphatic hydroxyl groups is 1. The number of likely N-dealkylation sites (tertiary alicyclic amines) is 2. The van der Waals surface area contributed by atoms with Gasteiger partial charge in [0.2, 0.25) is 0 Å². The van der Waals surface area contributed by atoms with Crippen molar-refractivity contribution < 1.29 is 29.0 Å². The van der Waals surface area contributed by atoms with Crippen molar-refractivity contribution in [1.29, 1.82) is 0 Å². The Hall–Kier alpha value is -4.11. The van der Waals surface area contributed by atoms with Crippen LogP contribution in [0.4, 0.5) is 0 Å². The zero-order valence-corrected chi connectivity index (χ0v) is 24.1. The van der Waals surface area contributed by atoms with Crippen molar-refractivity contribution in [2.45, 2.75) is 43.7 Å². The Morgan fingerprint density at radius 2 is 1.69 bits per heavy atom. The molecule has 3 aliphatic rings. The summed E-state index contributed by atoms with van der Waals surface area (Å²) in [6.07, 6.45) is 2.78. The summed E-state index contributed by atoms with van der Waals surface area (Å²) in [6, 6.07) is 18.5. The first-order valence-electron chi connectivity index (χ1n) is 14.6. The molecule has 1 aromatic heterocycles. The number of amides is 2. The number of hydrogen-bond donors (Lipinski definition) is 1. The van der Waals surface area contributed by atoms with Crippen LogP contribution in [0.25, 0.3) is 0 Å². The molecule has 0 bridgehead atoms. The molecule has 2 aliphatic heterocycles. The third kappa shape index (κ3) is 4.47. The first-order chi connectivity index (χ1) is 20.4. The molecule has 2 aromatic carbocycles. The molecular formula is C33H37N3O6. The summed E-state index contributed by atoms with van der Waals surface area (Å²) in [7, 11) is 2.97. The molecule has 220 valence electrons. The number of benzene rings is 2. The summed E-state index contributed by atoms with van der Waals surface area (Å²) in [4.78, 5) is 45.6. The highest BCUT2D eigenvalue weighted by Crippen LogP contribution is 2.55. The maximum absolute atomic E-state index is 14.2. The largest absolute Gasteiger partial charge is 0.497 e. The number of carbonyl (C=O) groups excluding carboxylic acids is 3. The van der Waals surface area contributed by atoms with E-state index in [1.54, 1.807) is 24.1 Å². The molecular weight excluding hydrogens is 534 g/mol. The number of nitrogens with zero attached hydrogens (tertiary/aromatic N) is 3. The number of ether oxygens (including phenoxy) is 2. The Labute approximate surface area is 245 Å². The van der Waals surface area contributed by atoms with Gasteiger partial charge in [-0.3, -0.25) is 9.59 Å². The SMILES string of the molecule is COC(=O)[C@@]1(Cc2ccc(OC)cc2)C2c3cc(C(=O)N4CCCC4)n(CCO)c3CC2CN1C(=O)c1ccccc1. The van der Waals surface area contributed by atoms with Crippen LogP contribution in [-0.2, 0) is 28.9 Å². The maximum atomic E-state index is 14.2. The molecule has 0 saturated carbocycles. The number of fused-ring (bicyclic) bond motifs is 3. The smallest absolute Gasteiger partial charge is 0.332 e. The lowest BCUT2D eigenvalue weighted by molar-refractivity contribution is -0.153. The van der Waals surface area contributed by atoms with Gasteiger partial charge in [-0.1, -0.05) is 30.3 Å². The molecule has 2 saturated heterocycles. The lowest BCUT2D eigenvalue weighted by atomic mass is 9.75. The van der Waals surface area contributed by atoms with Gasteiger partial charge in [-0.2, -0.15) is 0 Å². The van der Waals surface area contributed by atoms with Crippen molar-refractivity contribution in [1.82, 2.24) is 14.4 Å². The first-order valence-corrected chi connectivity index (χ1v) is 14.6. The van der Waals surface area contributed by atoms with E-state index in [1.807, 2.05) is 58.0 Å². The Bertz CT molecular complexity index is 1480. The molecule has 6 rings (SSSR count). The monoisotopic (exact) mass is 571 g/mol. The minimum atomic E-state index is -1.34. The van der Waals surface area contributed by atoms with E-state index in [4.69, 9.17) is 9.47 Å². The third-order valence-electron chi connectivity index (χ3n) is 9.29. The number of aromatic nitrogens is 1. The molecule has 2 amide bonds. The second-order valence-corrected chi connectivity index (χ2v) is 11.5. The Kier molecular flexibility index (Phi) is 7.53. The Morgan fingerprint density at radius 1 is 0.976 bits per heavy atom. The van der Waals surface area contributed by atoms with Crippen molar-refractivity contribution in [3.8, 4) is 5.75 Å². The van der Waals surface area contributed by atoms with Crippen LogP contribution in [-0.4, -0.2) is 83.3 Å². The van der Waals surface area contributed by atoms with Crippen LogP contribution in [0.5, 0.6) is 5.75 Å². The van der Waals surface area contributed by atoms with Gasteiger partial charge >= 0.3 is 5.97 Å². The van der Waals surface area contributed by atoms with Crippen molar-refractivity contribution in [2.75, 3.05) is 40.5 Å². The number of carbonyl (C=O) groups is 3. The maximum Gasteiger partial charge on any atom is 0.332 e. The molecule has 3 atom stereocenters. The number of aliphatic hydroxyl groups excluding tert-OH is 1. The van der Waals surface area contributed by atoms with Crippen LogP contribution in [0, 0.1) is 5.92 Å².